The monoisotopic (exact) mass is 475 g/mol. The molecule has 2 bridgehead atoms. The predicted molar refractivity (Wildman–Crippen MR) is 117 cm³/mol. The molecule has 0 radical (unpaired) electrons. The average Bonchev–Trinajstić information content (AvgIpc) is 2.72. The fourth-order valence-corrected chi connectivity index (χ4v) is 5.03. The number of carbonyl (C=O) groups excluding carboxylic acids is 2. The molecule has 0 aromatic heterocycles. The Bertz CT molecular complexity index is 1080. The largest absolute Gasteiger partial charge is 0.484 e. The van der Waals surface area contributed by atoms with Crippen molar-refractivity contribution in [2.75, 3.05) is 13.2 Å². The van der Waals surface area contributed by atoms with E-state index in [9.17, 15) is 18.8 Å². The minimum absolute atomic E-state index is 0.0155. The smallest absolute Gasteiger partial charge is 0.335 e. The van der Waals surface area contributed by atoms with E-state index in [2.05, 4.69) is 5.32 Å². The van der Waals surface area contributed by atoms with Crippen molar-refractivity contribution in [3.63, 3.8) is 0 Å². The van der Waals surface area contributed by atoms with Gasteiger partial charge in [-0.05, 0) is 54.5 Å². The SMILES string of the molecule is O=C(COCc1cccc(C(=O)O)c1)CC12CC(NC(=O)COc3ccc(Cl)c(F)c3)(C1)C2. The Balaban J connectivity index is 1.14. The lowest BCUT2D eigenvalue weighted by Gasteiger charge is -2.70. The number of halogens is 2. The fourth-order valence-electron chi connectivity index (χ4n) is 4.91. The number of carboxylic acids is 1. The zero-order valence-electron chi connectivity index (χ0n) is 17.7. The summed E-state index contributed by atoms with van der Waals surface area (Å²) >= 11 is 5.62. The highest BCUT2D eigenvalue weighted by Crippen LogP contribution is 2.68. The van der Waals surface area contributed by atoms with Crippen molar-refractivity contribution in [2.24, 2.45) is 5.41 Å². The molecule has 9 heteroatoms. The molecule has 3 saturated carbocycles. The normalized spacial score (nSPS) is 22.6. The van der Waals surface area contributed by atoms with Gasteiger partial charge in [0.1, 0.15) is 18.2 Å². The van der Waals surface area contributed by atoms with E-state index in [-0.39, 0.29) is 58.8 Å². The molecule has 3 fully saturated rings. The minimum Gasteiger partial charge on any atom is -0.484 e. The fraction of sp³-hybridized carbons (Fsp3) is 0.375. The number of hydrogen-bond acceptors (Lipinski definition) is 5. The molecular weight excluding hydrogens is 453 g/mol. The molecule has 0 atom stereocenters. The van der Waals surface area contributed by atoms with Crippen LogP contribution in [0.1, 0.15) is 41.6 Å². The molecule has 2 aromatic carbocycles. The number of nitrogens with one attached hydrogen (secondary N) is 1. The summed E-state index contributed by atoms with van der Waals surface area (Å²) in [5.41, 5.74) is 0.495. The van der Waals surface area contributed by atoms with Crippen molar-refractivity contribution in [1.29, 1.82) is 0 Å². The third-order valence-corrected chi connectivity index (χ3v) is 6.39. The highest BCUT2D eigenvalue weighted by molar-refractivity contribution is 6.30. The van der Waals surface area contributed by atoms with Crippen LogP contribution >= 0.6 is 11.6 Å². The van der Waals surface area contributed by atoms with Gasteiger partial charge < -0.3 is 19.9 Å². The minimum atomic E-state index is -1.01. The number of amides is 1. The highest BCUT2D eigenvalue weighted by atomic mass is 35.5. The summed E-state index contributed by atoms with van der Waals surface area (Å²) in [4.78, 5) is 35.5. The van der Waals surface area contributed by atoms with Gasteiger partial charge in [0, 0.05) is 18.0 Å². The van der Waals surface area contributed by atoms with E-state index in [0.29, 0.717) is 12.0 Å². The molecule has 3 aliphatic rings. The summed E-state index contributed by atoms with van der Waals surface area (Å²) in [5, 5.41) is 12.0. The zero-order chi connectivity index (χ0) is 23.6. The lowest BCUT2D eigenvalue weighted by molar-refractivity contribution is -0.174. The number of Topliss-reactive ketones (excluding diaryl/α,β-unsaturated/α-hetero) is 1. The Labute approximate surface area is 194 Å². The van der Waals surface area contributed by atoms with Gasteiger partial charge in [-0.1, -0.05) is 23.7 Å². The number of ketones is 1. The van der Waals surface area contributed by atoms with E-state index < -0.39 is 11.8 Å². The molecule has 0 spiro atoms. The Morgan fingerprint density at radius 1 is 1.09 bits per heavy atom. The van der Waals surface area contributed by atoms with Crippen molar-refractivity contribution in [2.45, 2.75) is 37.8 Å². The standard InChI is InChI=1S/C24H23ClFNO6/c25-19-5-4-18(7-20(19)26)33-11-21(29)27-24-12-23(13-24,14-24)8-17(28)10-32-9-15-2-1-3-16(6-15)22(30)31/h1-7H,8-14H2,(H,27,29)(H,30,31). The van der Waals surface area contributed by atoms with E-state index >= 15 is 0 Å². The summed E-state index contributed by atoms with van der Waals surface area (Å²) in [6.07, 6.45) is 2.58. The maximum Gasteiger partial charge on any atom is 0.335 e. The molecule has 174 valence electrons. The van der Waals surface area contributed by atoms with Crippen LogP contribution in [0.3, 0.4) is 0 Å². The summed E-state index contributed by atoms with van der Waals surface area (Å²) in [6.45, 7) is -0.104. The lowest BCUT2D eigenvalue weighted by Crippen LogP contribution is -2.75. The first kappa shape index (κ1) is 23.2. The third kappa shape index (κ3) is 5.34. The summed E-state index contributed by atoms with van der Waals surface area (Å²) in [7, 11) is 0. The predicted octanol–water partition coefficient (Wildman–Crippen LogP) is 3.77. The van der Waals surface area contributed by atoms with Crippen molar-refractivity contribution in [3.8, 4) is 5.75 Å². The lowest BCUT2D eigenvalue weighted by atomic mass is 9.38. The van der Waals surface area contributed by atoms with E-state index in [4.69, 9.17) is 26.2 Å². The molecule has 3 aliphatic carbocycles. The van der Waals surface area contributed by atoms with Crippen LogP contribution < -0.4 is 10.1 Å². The number of ether oxygens (including phenoxy) is 2. The van der Waals surface area contributed by atoms with Crippen LogP contribution in [0, 0.1) is 11.2 Å². The number of aromatic carboxylic acids is 1. The summed E-state index contributed by atoms with van der Waals surface area (Å²) < 4.78 is 24.2. The van der Waals surface area contributed by atoms with Gasteiger partial charge in [0.15, 0.2) is 12.4 Å². The first-order chi connectivity index (χ1) is 15.7. The Morgan fingerprint density at radius 3 is 2.55 bits per heavy atom. The number of carbonyl (C=O) groups is 3. The van der Waals surface area contributed by atoms with Crippen molar-refractivity contribution < 1.29 is 33.4 Å². The molecule has 0 heterocycles. The first-order valence-electron chi connectivity index (χ1n) is 10.5. The second kappa shape index (κ2) is 9.11. The molecule has 0 saturated heterocycles. The van der Waals surface area contributed by atoms with Gasteiger partial charge in [0.25, 0.3) is 5.91 Å². The molecule has 7 nitrogen and oxygen atoms in total. The van der Waals surface area contributed by atoms with Gasteiger partial charge in [-0.25, -0.2) is 9.18 Å². The van der Waals surface area contributed by atoms with Crippen molar-refractivity contribution in [3.05, 3.63) is 64.4 Å². The van der Waals surface area contributed by atoms with Crippen LogP contribution in [0.15, 0.2) is 42.5 Å². The third-order valence-electron chi connectivity index (χ3n) is 6.08. The van der Waals surface area contributed by atoms with Crippen molar-refractivity contribution in [1.82, 2.24) is 5.32 Å². The highest BCUT2D eigenvalue weighted by Gasteiger charge is 2.68. The Morgan fingerprint density at radius 2 is 1.85 bits per heavy atom. The average molecular weight is 476 g/mol. The van der Waals surface area contributed by atoms with Crippen LogP contribution in [0.2, 0.25) is 5.02 Å². The number of hydrogen-bond donors (Lipinski definition) is 2. The van der Waals surface area contributed by atoms with Gasteiger partial charge in [-0.2, -0.15) is 0 Å². The number of rotatable bonds is 11. The van der Waals surface area contributed by atoms with E-state index in [0.717, 1.165) is 25.3 Å². The van der Waals surface area contributed by atoms with Crippen LogP contribution in [0.4, 0.5) is 4.39 Å². The van der Waals surface area contributed by atoms with Gasteiger partial charge in [-0.3, -0.25) is 9.59 Å². The molecule has 1 amide bonds. The van der Waals surface area contributed by atoms with E-state index in [1.807, 2.05) is 0 Å². The quantitative estimate of drug-likeness (QED) is 0.513. The maximum absolute atomic E-state index is 13.4. The van der Waals surface area contributed by atoms with E-state index in [1.54, 1.807) is 12.1 Å². The molecule has 5 rings (SSSR count). The summed E-state index contributed by atoms with van der Waals surface area (Å²) in [5.74, 6) is -1.71. The number of carboxylic acid groups (broad SMARTS) is 1. The van der Waals surface area contributed by atoms with Gasteiger partial charge in [0.05, 0.1) is 17.2 Å². The Kier molecular flexibility index (Phi) is 6.41. The van der Waals surface area contributed by atoms with E-state index in [1.165, 1.54) is 24.3 Å². The number of benzene rings is 2. The topological polar surface area (TPSA) is 102 Å². The first-order valence-corrected chi connectivity index (χ1v) is 10.9. The van der Waals surface area contributed by atoms with Gasteiger partial charge in [0.2, 0.25) is 0 Å². The maximum atomic E-state index is 13.4. The van der Waals surface area contributed by atoms with Crippen LogP contribution in [-0.2, 0) is 20.9 Å². The zero-order valence-corrected chi connectivity index (χ0v) is 18.5. The Hall–Kier alpha value is -2.97. The van der Waals surface area contributed by atoms with Gasteiger partial charge in [-0.15, -0.1) is 0 Å². The molecule has 2 aromatic rings. The summed E-state index contributed by atoms with van der Waals surface area (Å²) in [6, 6.07) is 10.4. The van der Waals surface area contributed by atoms with Crippen LogP contribution in [0.5, 0.6) is 5.75 Å². The van der Waals surface area contributed by atoms with Gasteiger partial charge >= 0.3 is 5.97 Å². The van der Waals surface area contributed by atoms with Crippen molar-refractivity contribution >= 4 is 29.3 Å². The van der Waals surface area contributed by atoms with Crippen LogP contribution in [0.25, 0.3) is 0 Å². The molecule has 2 N–H and O–H groups in total. The second-order valence-electron chi connectivity index (χ2n) is 8.94. The molecule has 33 heavy (non-hydrogen) atoms. The molecular formula is C24H23ClFNO6. The molecule has 0 aliphatic heterocycles. The van der Waals surface area contributed by atoms with Crippen LogP contribution in [-0.4, -0.2) is 41.5 Å². The molecule has 0 unspecified atom stereocenters. The second-order valence-corrected chi connectivity index (χ2v) is 9.34.